The molecule has 3 nitrogen and oxygen atoms in total. The minimum atomic E-state index is 0.167. The lowest BCUT2D eigenvalue weighted by Gasteiger charge is -2.10. The van der Waals surface area contributed by atoms with Crippen LogP contribution in [0.4, 0.5) is 0 Å². The number of rotatable bonds is 4. The lowest BCUT2D eigenvalue weighted by Crippen LogP contribution is -2.29. The zero-order valence-corrected chi connectivity index (χ0v) is 7.62. The largest absolute Gasteiger partial charge is 0.395 e. The Kier molecular flexibility index (Phi) is 3.31. The van der Waals surface area contributed by atoms with Gasteiger partial charge in [0, 0.05) is 31.5 Å². The average molecular weight is 168 g/mol. The van der Waals surface area contributed by atoms with E-state index in [4.69, 9.17) is 5.11 Å². The summed E-state index contributed by atoms with van der Waals surface area (Å²) in [7, 11) is 2.01. The van der Waals surface area contributed by atoms with Gasteiger partial charge in [-0.1, -0.05) is 0 Å². The Morgan fingerprint density at radius 1 is 1.67 bits per heavy atom. The van der Waals surface area contributed by atoms with Gasteiger partial charge in [-0.25, -0.2) is 0 Å². The normalized spacial score (nSPS) is 13.2. The maximum absolute atomic E-state index is 8.76. The van der Waals surface area contributed by atoms with Gasteiger partial charge in [0.25, 0.3) is 0 Å². The Hall–Kier alpha value is -0.800. The van der Waals surface area contributed by atoms with E-state index < -0.39 is 0 Å². The fourth-order valence-electron chi connectivity index (χ4n) is 1.02. The number of hydrogen-bond donors (Lipinski definition) is 2. The van der Waals surface area contributed by atoms with E-state index in [-0.39, 0.29) is 12.6 Å². The molecule has 0 aliphatic carbocycles. The van der Waals surface area contributed by atoms with Gasteiger partial charge in [0.1, 0.15) is 0 Å². The third-order valence-electron chi connectivity index (χ3n) is 1.96. The summed E-state index contributed by atoms with van der Waals surface area (Å²) in [4.78, 5) is 0. The van der Waals surface area contributed by atoms with Gasteiger partial charge in [0.15, 0.2) is 0 Å². The molecule has 1 atom stereocenters. The van der Waals surface area contributed by atoms with Crippen LogP contribution in [0.3, 0.4) is 0 Å². The summed E-state index contributed by atoms with van der Waals surface area (Å²) < 4.78 is 2.07. The molecular weight excluding hydrogens is 152 g/mol. The van der Waals surface area contributed by atoms with Crippen LogP contribution in [0, 0.1) is 0 Å². The molecule has 1 heterocycles. The van der Waals surface area contributed by atoms with E-state index in [1.807, 2.05) is 26.2 Å². The second kappa shape index (κ2) is 4.28. The molecule has 1 aromatic rings. The first-order valence-electron chi connectivity index (χ1n) is 4.18. The molecule has 0 bridgehead atoms. The quantitative estimate of drug-likeness (QED) is 0.686. The second-order valence-corrected chi connectivity index (χ2v) is 3.07. The molecular formula is C9H16N2O. The van der Waals surface area contributed by atoms with Crippen LogP contribution < -0.4 is 5.32 Å². The van der Waals surface area contributed by atoms with E-state index in [1.165, 1.54) is 5.69 Å². The van der Waals surface area contributed by atoms with Crippen LogP contribution in [0.25, 0.3) is 0 Å². The van der Waals surface area contributed by atoms with Crippen molar-refractivity contribution in [2.75, 3.05) is 6.61 Å². The van der Waals surface area contributed by atoms with E-state index in [0.717, 1.165) is 6.54 Å². The van der Waals surface area contributed by atoms with Crippen LogP contribution in [-0.2, 0) is 13.6 Å². The number of nitrogens with zero attached hydrogens (tertiary/aromatic N) is 1. The van der Waals surface area contributed by atoms with Crippen LogP contribution in [0.1, 0.15) is 12.6 Å². The maximum atomic E-state index is 8.76. The molecule has 0 aromatic carbocycles. The van der Waals surface area contributed by atoms with Gasteiger partial charge < -0.3 is 15.0 Å². The van der Waals surface area contributed by atoms with Gasteiger partial charge in [0.2, 0.25) is 0 Å². The minimum absolute atomic E-state index is 0.167. The van der Waals surface area contributed by atoms with Crippen molar-refractivity contribution in [1.29, 1.82) is 0 Å². The van der Waals surface area contributed by atoms with Gasteiger partial charge >= 0.3 is 0 Å². The van der Waals surface area contributed by atoms with Crippen molar-refractivity contribution in [3.05, 3.63) is 24.0 Å². The van der Waals surface area contributed by atoms with Crippen LogP contribution in [0.5, 0.6) is 0 Å². The smallest absolute Gasteiger partial charge is 0.0582 e. The van der Waals surface area contributed by atoms with Gasteiger partial charge in [-0.15, -0.1) is 0 Å². The molecule has 0 unspecified atom stereocenters. The number of nitrogens with one attached hydrogen (secondary N) is 1. The van der Waals surface area contributed by atoms with Gasteiger partial charge in [0.05, 0.1) is 6.61 Å². The van der Waals surface area contributed by atoms with Crippen LogP contribution in [-0.4, -0.2) is 22.3 Å². The van der Waals surface area contributed by atoms with Crippen molar-refractivity contribution < 1.29 is 5.11 Å². The Bertz CT molecular complexity index is 232. The summed E-state index contributed by atoms with van der Waals surface area (Å²) in [6.45, 7) is 2.96. The molecule has 0 saturated heterocycles. The Labute approximate surface area is 73.0 Å². The number of hydrogen-bond acceptors (Lipinski definition) is 2. The van der Waals surface area contributed by atoms with Crippen molar-refractivity contribution in [2.24, 2.45) is 7.05 Å². The zero-order chi connectivity index (χ0) is 8.97. The van der Waals surface area contributed by atoms with Gasteiger partial charge in [-0.3, -0.25) is 0 Å². The Balaban J connectivity index is 2.38. The van der Waals surface area contributed by atoms with Crippen LogP contribution in [0.2, 0.25) is 0 Å². The highest BCUT2D eigenvalue weighted by Crippen LogP contribution is 1.98. The minimum Gasteiger partial charge on any atom is -0.395 e. The fourth-order valence-corrected chi connectivity index (χ4v) is 1.02. The van der Waals surface area contributed by atoms with E-state index in [1.54, 1.807) is 0 Å². The molecule has 2 N–H and O–H groups in total. The van der Waals surface area contributed by atoms with Crippen molar-refractivity contribution in [3.63, 3.8) is 0 Å². The number of aliphatic hydroxyl groups excluding tert-OH is 1. The molecule has 0 aliphatic heterocycles. The first kappa shape index (κ1) is 9.29. The van der Waals surface area contributed by atoms with Crippen molar-refractivity contribution in [1.82, 2.24) is 9.88 Å². The Morgan fingerprint density at radius 3 is 2.92 bits per heavy atom. The lowest BCUT2D eigenvalue weighted by atomic mass is 10.3. The lowest BCUT2D eigenvalue weighted by molar-refractivity contribution is 0.250. The summed E-state index contributed by atoms with van der Waals surface area (Å²) in [6.07, 6.45) is 2.01. The predicted molar refractivity (Wildman–Crippen MR) is 48.8 cm³/mol. The third-order valence-corrected chi connectivity index (χ3v) is 1.96. The third kappa shape index (κ3) is 2.36. The molecule has 1 rings (SSSR count). The monoisotopic (exact) mass is 168 g/mol. The molecule has 0 spiro atoms. The van der Waals surface area contributed by atoms with E-state index in [9.17, 15) is 0 Å². The molecule has 0 amide bonds. The molecule has 0 saturated carbocycles. The van der Waals surface area contributed by atoms with Crippen LogP contribution >= 0.6 is 0 Å². The highest BCUT2D eigenvalue weighted by molar-refractivity contribution is 5.06. The van der Waals surface area contributed by atoms with E-state index >= 15 is 0 Å². The highest BCUT2D eigenvalue weighted by Gasteiger charge is 2.00. The van der Waals surface area contributed by atoms with E-state index in [0.29, 0.717) is 0 Å². The molecule has 68 valence electrons. The number of aliphatic hydroxyl groups is 1. The SMILES string of the molecule is C[C@H](CO)NCc1cccn1C. The fraction of sp³-hybridized carbons (Fsp3) is 0.556. The summed E-state index contributed by atoms with van der Waals surface area (Å²) in [5.74, 6) is 0. The maximum Gasteiger partial charge on any atom is 0.0582 e. The Morgan fingerprint density at radius 2 is 2.42 bits per heavy atom. The van der Waals surface area contributed by atoms with E-state index in [2.05, 4.69) is 16.0 Å². The highest BCUT2D eigenvalue weighted by atomic mass is 16.3. The summed E-state index contributed by atoms with van der Waals surface area (Å²) >= 11 is 0. The molecule has 3 heteroatoms. The number of aryl methyl sites for hydroxylation is 1. The summed E-state index contributed by atoms with van der Waals surface area (Å²) in [6, 6.07) is 4.25. The predicted octanol–water partition coefficient (Wildman–Crippen LogP) is 0.495. The van der Waals surface area contributed by atoms with Crippen molar-refractivity contribution in [3.8, 4) is 0 Å². The molecule has 0 fully saturated rings. The summed E-state index contributed by atoms with van der Waals surface area (Å²) in [5, 5.41) is 12.0. The number of aromatic nitrogens is 1. The first-order valence-corrected chi connectivity index (χ1v) is 4.18. The van der Waals surface area contributed by atoms with Crippen molar-refractivity contribution in [2.45, 2.75) is 19.5 Å². The zero-order valence-electron chi connectivity index (χ0n) is 7.62. The molecule has 0 radical (unpaired) electrons. The van der Waals surface area contributed by atoms with Gasteiger partial charge in [-0.2, -0.15) is 0 Å². The summed E-state index contributed by atoms with van der Waals surface area (Å²) in [5.41, 5.74) is 1.23. The van der Waals surface area contributed by atoms with Crippen LogP contribution in [0.15, 0.2) is 18.3 Å². The van der Waals surface area contributed by atoms with Gasteiger partial charge in [-0.05, 0) is 19.1 Å². The second-order valence-electron chi connectivity index (χ2n) is 3.07. The van der Waals surface area contributed by atoms with Crippen molar-refractivity contribution >= 4 is 0 Å². The molecule has 1 aromatic heterocycles. The standard InChI is InChI=1S/C9H16N2O/c1-8(7-12)10-6-9-4-3-5-11(9)2/h3-5,8,10,12H,6-7H2,1-2H3/t8-/m1/s1. The topological polar surface area (TPSA) is 37.2 Å². The average Bonchev–Trinajstić information content (AvgIpc) is 2.47. The first-order chi connectivity index (χ1) is 5.74. The molecule has 12 heavy (non-hydrogen) atoms. The molecule has 0 aliphatic rings.